The molecule has 0 heterocycles. The van der Waals surface area contributed by atoms with Crippen molar-refractivity contribution in [1.29, 1.82) is 0 Å². The molecule has 0 amide bonds. The summed E-state index contributed by atoms with van der Waals surface area (Å²) < 4.78 is 0. The topological polar surface area (TPSA) is 15.3 Å². The summed E-state index contributed by atoms with van der Waals surface area (Å²) in [6.45, 7) is 5.71. The third-order valence-corrected chi connectivity index (χ3v) is 4.45. The minimum atomic E-state index is 0.658. The highest BCUT2D eigenvalue weighted by Gasteiger charge is 2.22. The summed E-state index contributed by atoms with van der Waals surface area (Å²) in [4.78, 5) is 2.24. The van der Waals surface area contributed by atoms with E-state index in [1.54, 1.807) is 0 Å². The molecule has 2 atom stereocenters. The van der Waals surface area contributed by atoms with Crippen LogP contribution in [0, 0.1) is 11.8 Å². The summed E-state index contributed by atoms with van der Waals surface area (Å²) in [5.74, 6) is 1.74. The van der Waals surface area contributed by atoms with Gasteiger partial charge in [-0.15, -0.1) is 0 Å². The fraction of sp³-hybridized carbons (Fsp3) is 0.684. The van der Waals surface area contributed by atoms with Gasteiger partial charge in [-0.3, -0.25) is 0 Å². The molecule has 21 heavy (non-hydrogen) atoms. The van der Waals surface area contributed by atoms with Crippen molar-refractivity contribution in [3.8, 4) is 0 Å². The molecule has 2 rings (SSSR count). The molecule has 1 aliphatic carbocycles. The molecule has 0 spiro atoms. The van der Waals surface area contributed by atoms with E-state index in [1.807, 2.05) is 0 Å². The first-order valence-electron chi connectivity index (χ1n) is 8.53. The number of hydrogen-bond acceptors (Lipinski definition) is 2. The molecule has 2 heteroatoms. The second-order valence-corrected chi connectivity index (χ2v) is 7.40. The van der Waals surface area contributed by atoms with Gasteiger partial charge in [-0.1, -0.05) is 44.9 Å². The Morgan fingerprint density at radius 2 is 1.95 bits per heavy atom. The van der Waals surface area contributed by atoms with Gasteiger partial charge in [-0.25, -0.2) is 0 Å². The van der Waals surface area contributed by atoms with Crippen LogP contribution in [0.4, 0.5) is 5.69 Å². The van der Waals surface area contributed by atoms with Crippen LogP contribution in [-0.4, -0.2) is 25.0 Å². The van der Waals surface area contributed by atoms with E-state index in [-0.39, 0.29) is 0 Å². The normalized spacial score (nSPS) is 22.8. The highest BCUT2D eigenvalue weighted by atomic mass is 15.1. The SMILES string of the molecule is CC(C)CC1CCCC(Nc2ccccc2CN(C)C)C1. The molecule has 0 bridgehead atoms. The minimum Gasteiger partial charge on any atom is -0.382 e. The van der Waals surface area contributed by atoms with Crippen LogP contribution in [0.5, 0.6) is 0 Å². The minimum absolute atomic E-state index is 0.658. The Hall–Kier alpha value is -1.02. The Labute approximate surface area is 130 Å². The van der Waals surface area contributed by atoms with Gasteiger partial charge in [0.2, 0.25) is 0 Å². The molecule has 0 aromatic heterocycles. The van der Waals surface area contributed by atoms with Gasteiger partial charge in [0.1, 0.15) is 0 Å². The van der Waals surface area contributed by atoms with E-state index < -0.39 is 0 Å². The van der Waals surface area contributed by atoms with Crippen molar-refractivity contribution in [1.82, 2.24) is 4.90 Å². The smallest absolute Gasteiger partial charge is 0.0388 e. The van der Waals surface area contributed by atoms with Crippen LogP contribution in [0.2, 0.25) is 0 Å². The predicted octanol–water partition coefficient (Wildman–Crippen LogP) is 4.77. The van der Waals surface area contributed by atoms with Crippen molar-refractivity contribution in [3.63, 3.8) is 0 Å². The molecule has 1 aromatic rings. The van der Waals surface area contributed by atoms with Crippen molar-refractivity contribution >= 4 is 5.69 Å². The van der Waals surface area contributed by atoms with Crippen molar-refractivity contribution < 1.29 is 0 Å². The molecular weight excluding hydrogens is 256 g/mol. The monoisotopic (exact) mass is 288 g/mol. The van der Waals surface area contributed by atoms with Crippen LogP contribution in [-0.2, 0) is 6.54 Å². The lowest BCUT2D eigenvalue weighted by Crippen LogP contribution is -2.28. The maximum absolute atomic E-state index is 3.83. The zero-order valence-corrected chi connectivity index (χ0v) is 14.2. The largest absolute Gasteiger partial charge is 0.382 e. The van der Waals surface area contributed by atoms with Gasteiger partial charge >= 0.3 is 0 Å². The number of nitrogens with one attached hydrogen (secondary N) is 1. The number of anilines is 1. The van der Waals surface area contributed by atoms with Crippen LogP contribution >= 0.6 is 0 Å². The fourth-order valence-electron chi connectivity index (χ4n) is 3.66. The molecule has 0 radical (unpaired) electrons. The zero-order valence-electron chi connectivity index (χ0n) is 14.2. The Balaban J connectivity index is 1.97. The second-order valence-electron chi connectivity index (χ2n) is 7.40. The first-order chi connectivity index (χ1) is 10.0. The highest BCUT2D eigenvalue weighted by molar-refractivity contribution is 5.51. The highest BCUT2D eigenvalue weighted by Crippen LogP contribution is 2.31. The standard InChI is InChI=1S/C19H32N2/c1-15(2)12-16-8-7-10-18(13-16)20-19-11-6-5-9-17(19)14-21(3)4/h5-6,9,11,15-16,18,20H,7-8,10,12-14H2,1-4H3. The third-order valence-electron chi connectivity index (χ3n) is 4.45. The Bertz CT molecular complexity index is 425. The number of benzene rings is 1. The summed E-state index contributed by atoms with van der Waals surface area (Å²) in [6, 6.07) is 9.44. The quantitative estimate of drug-likeness (QED) is 0.811. The van der Waals surface area contributed by atoms with Crippen LogP contribution in [0.25, 0.3) is 0 Å². The first kappa shape index (κ1) is 16.4. The van der Waals surface area contributed by atoms with Crippen molar-refractivity contribution in [2.45, 2.75) is 58.5 Å². The van der Waals surface area contributed by atoms with E-state index in [1.165, 1.54) is 43.4 Å². The van der Waals surface area contributed by atoms with Gasteiger partial charge in [0.05, 0.1) is 0 Å². The van der Waals surface area contributed by atoms with Crippen molar-refractivity contribution in [2.75, 3.05) is 19.4 Å². The number of nitrogens with zero attached hydrogens (tertiary/aromatic N) is 1. The lowest BCUT2D eigenvalue weighted by molar-refractivity contribution is 0.289. The molecule has 2 unspecified atom stereocenters. The number of para-hydroxylation sites is 1. The molecule has 118 valence electrons. The van der Waals surface area contributed by atoms with E-state index in [0.717, 1.165) is 18.4 Å². The average molecular weight is 288 g/mol. The molecule has 1 N–H and O–H groups in total. The van der Waals surface area contributed by atoms with Crippen molar-refractivity contribution in [3.05, 3.63) is 29.8 Å². The fourth-order valence-corrected chi connectivity index (χ4v) is 3.66. The molecule has 1 aliphatic rings. The van der Waals surface area contributed by atoms with Gasteiger partial charge in [0.15, 0.2) is 0 Å². The average Bonchev–Trinajstić information content (AvgIpc) is 2.40. The van der Waals surface area contributed by atoms with Crippen LogP contribution in [0.1, 0.15) is 51.5 Å². The van der Waals surface area contributed by atoms with E-state index in [4.69, 9.17) is 0 Å². The lowest BCUT2D eigenvalue weighted by atomic mass is 9.81. The van der Waals surface area contributed by atoms with E-state index in [9.17, 15) is 0 Å². The summed E-state index contributed by atoms with van der Waals surface area (Å²) in [5, 5.41) is 3.83. The maximum atomic E-state index is 3.83. The first-order valence-corrected chi connectivity index (χ1v) is 8.53. The van der Waals surface area contributed by atoms with Gasteiger partial charge in [0.25, 0.3) is 0 Å². The van der Waals surface area contributed by atoms with Crippen molar-refractivity contribution in [2.24, 2.45) is 11.8 Å². The lowest BCUT2D eigenvalue weighted by Gasteiger charge is -2.32. The molecule has 0 saturated heterocycles. The van der Waals surface area contributed by atoms with Gasteiger partial charge in [-0.05, 0) is 56.8 Å². The van der Waals surface area contributed by atoms with E-state index in [2.05, 4.69) is 62.4 Å². The van der Waals surface area contributed by atoms with E-state index in [0.29, 0.717) is 6.04 Å². The van der Waals surface area contributed by atoms with Crippen LogP contribution < -0.4 is 5.32 Å². The molecule has 1 saturated carbocycles. The number of rotatable bonds is 6. The summed E-state index contributed by atoms with van der Waals surface area (Å²) >= 11 is 0. The Kier molecular flexibility index (Phi) is 6.10. The van der Waals surface area contributed by atoms with Gasteiger partial charge in [-0.2, -0.15) is 0 Å². The van der Waals surface area contributed by atoms with E-state index >= 15 is 0 Å². The summed E-state index contributed by atoms with van der Waals surface area (Å²) in [5.41, 5.74) is 2.75. The predicted molar refractivity (Wildman–Crippen MR) is 92.7 cm³/mol. The third kappa shape index (κ3) is 5.35. The molecule has 0 aliphatic heterocycles. The van der Waals surface area contributed by atoms with Crippen LogP contribution in [0.3, 0.4) is 0 Å². The zero-order chi connectivity index (χ0) is 15.2. The molecule has 1 aromatic carbocycles. The second kappa shape index (κ2) is 7.84. The molecule has 2 nitrogen and oxygen atoms in total. The van der Waals surface area contributed by atoms with Crippen LogP contribution in [0.15, 0.2) is 24.3 Å². The Morgan fingerprint density at radius 3 is 2.67 bits per heavy atom. The maximum Gasteiger partial charge on any atom is 0.0388 e. The summed E-state index contributed by atoms with van der Waals surface area (Å²) in [6.07, 6.45) is 6.86. The Morgan fingerprint density at radius 1 is 1.19 bits per heavy atom. The summed E-state index contributed by atoms with van der Waals surface area (Å²) in [7, 11) is 4.27. The van der Waals surface area contributed by atoms with Gasteiger partial charge in [0, 0.05) is 18.3 Å². The number of hydrogen-bond donors (Lipinski definition) is 1. The molecule has 1 fully saturated rings. The van der Waals surface area contributed by atoms with Gasteiger partial charge < -0.3 is 10.2 Å². The molecular formula is C19H32N2.